The molecule has 59 heavy (non-hydrogen) atoms. The number of carbonyl (C=O) groups is 2. The Bertz CT molecular complexity index is 1240. The second-order valence-electron chi connectivity index (χ2n) is 16.4. The Kier molecular flexibility index (Phi) is 45.4. The molecule has 0 amide bonds. The number of carbonyl (C=O) groups excluding carboxylic acids is 2. The molecule has 1 fully saturated rings. The van der Waals surface area contributed by atoms with Crippen LogP contribution in [0.15, 0.2) is 79.7 Å². The van der Waals surface area contributed by atoms with Gasteiger partial charge in [0.1, 0.15) is 18.6 Å². The zero-order valence-electron chi connectivity index (χ0n) is 40.3. The number of benzene rings is 1. The molecule has 0 aromatic heterocycles. The standard InChI is InChI=1S/C24H47N3.C17H23BO3.C2H7N.C2H6.2C2H4.CH2O/c1-8-20(2)12-9-13-21(3)14-10-17-27-19-22(25)18-23(4,5)15-11-16-24(6,7)26;1-11-7-14(19)10-15(8-11)21-16-5-3-13(9-12(16)2)4-6-17(18)20;1-2-3;4*1-2/h8,13,19,27H,9-12,14-18,25-26H2,1-7H3;3,5,9,11,14-15,19H,4,6-8,10H2,1-2H3;2-3H2,1H3;1-2H3;2*1-2H2;1H2/b20-8+,21-13+,22-19-;;;;;;. The molecule has 1 aliphatic rings. The van der Waals surface area contributed by atoms with Crippen molar-refractivity contribution < 1.29 is 19.4 Å². The predicted molar refractivity (Wildman–Crippen MR) is 262 cm³/mol. The number of nitrogens with one attached hydrogen (secondary N) is 1. The summed E-state index contributed by atoms with van der Waals surface area (Å²) in [6.45, 7) is 41.1. The zero-order valence-corrected chi connectivity index (χ0v) is 40.3. The lowest BCUT2D eigenvalue weighted by molar-refractivity contribution is -0.111. The highest BCUT2D eigenvalue weighted by atomic mass is 16.5. The van der Waals surface area contributed by atoms with Crippen LogP contribution in [0.4, 0.5) is 0 Å². The molecular formula is C50H93BN4O4. The van der Waals surface area contributed by atoms with Gasteiger partial charge in [0.2, 0.25) is 0 Å². The number of hydrogen-bond acceptors (Lipinski definition) is 8. The predicted octanol–water partition coefficient (Wildman–Crippen LogP) is 11.1. The third kappa shape index (κ3) is 42.5. The van der Waals surface area contributed by atoms with Crippen LogP contribution in [0.2, 0.25) is 0 Å². The summed E-state index contributed by atoms with van der Waals surface area (Å²) in [6.07, 6.45) is 18.9. The van der Waals surface area contributed by atoms with Crippen LogP contribution in [-0.2, 0) is 16.0 Å². The van der Waals surface area contributed by atoms with Crippen LogP contribution in [-0.4, -0.2) is 56.3 Å². The molecule has 8 nitrogen and oxygen atoms in total. The fourth-order valence-electron chi connectivity index (χ4n) is 6.23. The van der Waals surface area contributed by atoms with E-state index in [4.69, 9.17) is 34.6 Å². The van der Waals surface area contributed by atoms with E-state index in [1.54, 1.807) is 0 Å². The first kappa shape index (κ1) is 64.7. The maximum Gasteiger partial charge on any atom is 0.167 e. The molecule has 2 radical (unpaired) electrons. The van der Waals surface area contributed by atoms with Gasteiger partial charge in [-0.3, -0.25) is 0 Å². The van der Waals surface area contributed by atoms with Gasteiger partial charge in [0, 0.05) is 30.4 Å². The first-order valence-corrected chi connectivity index (χ1v) is 21.8. The fourth-order valence-corrected chi connectivity index (χ4v) is 6.23. The first-order valence-electron chi connectivity index (χ1n) is 21.8. The minimum atomic E-state index is -0.279. The molecule has 1 saturated carbocycles. The average Bonchev–Trinajstić information content (AvgIpc) is 3.17. The molecule has 0 aliphatic heterocycles. The highest BCUT2D eigenvalue weighted by molar-refractivity contribution is 6.57. The van der Waals surface area contributed by atoms with E-state index in [1.165, 1.54) is 17.6 Å². The molecule has 1 aromatic carbocycles. The second kappa shape index (κ2) is 41.3. The number of aliphatic hydroxyl groups is 1. The molecule has 0 spiro atoms. The van der Waals surface area contributed by atoms with E-state index in [2.05, 4.69) is 99.2 Å². The van der Waals surface area contributed by atoms with Crippen LogP contribution in [0.25, 0.3) is 0 Å². The molecule has 8 N–H and O–H groups in total. The third-order valence-electron chi connectivity index (χ3n) is 9.13. The smallest absolute Gasteiger partial charge is 0.167 e. The highest BCUT2D eigenvalue weighted by Crippen LogP contribution is 2.31. The van der Waals surface area contributed by atoms with Crippen molar-refractivity contribution in [1.82, 2.24) is 5.32 Å². The van der Waals surface area contributed by atoms with Crippen molar-refractivity contribution in [2.24, 2.45) is 28.5 Å². The van der Waals surface area contributed by atoms with Crippen LogP contribution >= 0.6 is 0 Å². The first-order chi connectivity index (χ1) is 27.8. The van der Waals surface area contributed by atoms with E-state index in [0.29, 0.717) is 25.2 Å². The summed E-state index contributed by atoms with van der Waals surface area (Å²) in [5.41, 5.74) is 23.1. The minimum Gasteiger partial charge on any atom is -0.490 e. The molecule has 0 heterocycles. The summed E-state index contributed by atoms with van der Waals surface area (Å²) in [6, 6.07) is 5.98. The number of nitrogens with two attached hydrogens (primary N) is 3. The van der Waals surface area contributed by atoms with Gasteiger partial charge in [0.05, 0.1) is 11.8 Å². The van der Waals surface area contributed by atoms with E-state index in [9.17, 15) is 9.90 Å². The SMILES string of the molecule is C/C=C(\C)CC/C=C(\C)CCCN/C=C(\N)CC(C)(C)CCCC(C)(C)N.C=C.C=C.C=O.CC.CCN.[B]C(=O)CCc1ccc(OC2CC(C)CC(O)C2)c(C)c1. The maximum atomic E-state index is 10.8. The fraction of sp³-hybridized carbons (Fsp3) is 0.640. The lowest BCUT2D eigenvalue weighted by atomic mass is 9.81. The van der Waals surface area contributed by atoms with Gasteiger partial charge in [-0.2, -0.15) is 0 Å². The Morgan fingerprint density at radius 3 is 2.05 bits per heavy atom. The van der Waals surface area contributed by atoms with Gasteiger partial charge in [0.15, 0.2) is 7.85 Å². The summed E-state index contributed by atoms with van der Waals surface area (Å²) >= 11 is 0. The van der Waals surface area contributed by atoms with Crippen molar-refractivity contribution in [3.8, 4) is 5.75 Å². The van der Waals surface area contributed by atoms with E-state index >= 15 is 0 Å². The highest BCUT2D eigenvalue weighted by Gasteiger charge is 2.27. The Morgan fingerprint density at radius 2 is 1.56 bits per heavy atom. The Morgan fingerprint density at radius 1 is 0.983 bits per heavy atom. The summed E-state index contributed by atoms with van der Waals surface area (Å²) in [5.74, 6) is 1.36. The van der Waals surface area contributed by atoms with E-state index in [1.807, 2.05) is 58.9 Å². The summed E-state index contributed by atoms with van der Waals surface area (Å²) < 4.78 is 6.06. The number of ether oxygens (including phenoxy) is 1. The van der Waals surface area contributed by atoms with Crippen molar-refractivity contribution in [2.75, 3.05) is 13.1 Å². The van der Waals surface area contributed by atoms with Gasteiger partial charge in [-0.25, -0.2) is 0 Å². The molecule has 0 saturated heterocycles. The molecule has 0 bridgehead atoms. The molecule has 3 unspecified atom stereocenters. The monoisotopic (exact) mass is 825 g/mol. The van der Waals surface area contributed by atoms with Crippen molar-refractivity contribution in [1.29, 1.82) is 0 Å². The average molecular weight is 825 g/mol. The molecule has 340 valence electrons. The third-order valence-corrected chi connectivity index (χ3v) is 9.13. The van der Waals surface area contributed by atoms with Crippen molar-refractivity contribution in [2.45, 2.75) is 184 Å². The van der Waals surface area contributed by atoms with Gasteiger partial charge in [-0.05, 0) is 147 Å². The topological polar surface area (TPSA) is 154 Å². The molecule has 9 heteroatoms. The number of aliphatic hydroxyl groups excluding tert-OH is 1. The molecule has 3 atom stereocenters. The molecule has 1 aromatic rings. The van der Waals surface area contributed by atoms with Crippen LogP contribution < -0.4 is 27.3 Å². The van der Waals surface area contributed by atoms with Gasteiger partial charge in [-0.15, -0.1) is 26.3 Å². The van der Waals surface area contributed by atoms with E-state index in [0.717, 1.165) is 93.5 Å². The van der Waals surface area contributed by atoms with Crippen molar-refractivity contribution in [3.63, 3.8) is 0 Å². The number of aryl methyl sites for hydroxylation is 2. The largest absolute Gasteiger partial charge is 0.490 e. The summed E-state index contributed by atoms with van der Waals surface area (Å²) in [5, 5.41) is 13.2. The van der Waals surface area contributed by atoms with E-state index in [-0.39, 0.29) is 28.8 Å². The van der Waals surface area contributed by atoms with Crippen LogP contribution in [0.5, 0.6) is 5.75 Å². The van der Waals surface area contributed by atoms with E-state index < -0.39 is 0 Å². The van der Waals surface area contributed by atoms with Crippen LogP contribution in [0, 0.1) is 18.3 Å². The number of allylic oxidation sites excluding steroid dienone is 5. The summed E-state index contributed by atoms with van der Waals surface area (Å²) in [7, 11) is 5.17. The van der Waals surface area contributed by atoms with Crippen molar-refractivity contribution >= 4 is 20.3 Å². The quantitative estimate of drug-likeness (QED) is 0.0525. The van der Waals surface area contributed by atoms with Gasteiger partial charge >= 0.3 is 0 Å². The Balaban J connectivity index is -0.000000270. The van der Waals surface area contributed by atoms with Gasteiger partial charge in [0.25, 0.3) is 0 Å². The Labute approximate surface area is 366 Å². The van der Waals surface area contributed by atoms with Crippen LogP contribution in [0.3, 0.4) is 0 Å². The number of hydrogen-bond donors (Lipinski definition) is 5. The minimum absolute atomic E-state index is 0.0723. The molecule has 2 rings (SSSR count). The normalized spacial score (nSPS) is 16.4. The molecular weight excluding hydrogens is 731 g/mol. The lowest BCUT2D eigenvalue weighted by Gasteiger charge is -2.31. The number of rotatable bonds is 19. The van der Waals surface area contributed by atoms with Crippen LogP contribution in [0.1, 0.15) is 164 Å². The van der Waals surface area contributed by atoms with Gasteiger partial charge < -0.3 is 42.0 Å². The second-order valence-corrected chi connectivity index (χ2v) is 16.4. The Hall–Kier alpha value is -3.40. The molecule has 1 aliphatic carbocycles. The van der Waals surface area contributed by atoms with Crippen molar-refractivity contribution in [3.05, 3.63) is 90.8 Å². The maximum absolute atomic E-state index is 10.8. The zero-order chi connectivity index (χ0) is 47.0. The summed E-state index contributed by atoms with van der Waals surface area (Å²) in [4.78, 5) is 18.8. The van der Waals surface area contributed by atoms with Gasteiger partial charge in [-0.1, -0.05) is 83.4 Å². The lowest BCUT2D eigenvalue weighted by Crippen LogP contribution is -2.32.